The van der Waals surface area contributed by atoms with E-state index in [1.165, 1.54) is 32.6 Å². The van der Waals surface area contributed by atoms with Gasteiger partial charge in [0.05, 0.1) is 5.52 Å². The van der Waals surface area contributed by atoms with Crippen LogP contribution in [-0.2, 0) is 0 Å². The molecule has 2 aromatic heterocycles. The number of para-hydroxylation sites is 2. The van der Waals surface area contributed by atoms with Crippen LogP contribution < -0.4 is 0 Å². The van der Waals surface area contributed by atoms with Gasteiger partial charge >= 0.3 is 0 Å². The molecule has 3 aromatic carbocycles. The second-order valence-electron chi connectivity index (χ2n) is 6.42. The Morgan fingerprint density at radius 1 is 0.739 bits per heavy atom. The van der Waals surface area contributed by atoms with Gasteiger partial charge in [-0.3, -0.25) is 0 Å². The van der Waals surface area contributed by atoms with Crippen LogP contribution >= 0.6 is 0 Å². The molecule has 5 aromatic rings. The summed E-state index contributed by atoms with van der Waals surface area (Å²) in [6.07, 6.45) is 0. The van der Waals surface area contributed by atoms with Crippen LogP contribution in [0.3, 0.4) is 0 Å². The van der Waals surface area contributed by atoms with Gasteiger partial charge < -0.3 is 8.98 Å². The lowest BCUT2D eigenvalue weighted by Gasteiger charge is -2.11. The van der Waals surface area contributed by atoms with Gasteiger partial charge in [0.25, 0.3) is 0 Å². The Bertz CT molecular complexity index is 1190. The summed E-state index contributed by atoms with van der Waals surface area (Å²) in [4.78, 5) is 0. The van der Waals surface area contributed by atoms with Crippen molar-refractivity contribution in [1.29, 1.82) is 0 Å². The summed E-state index contributed by atoms with van der Waals surface area (Å²) in [5.74, 6) is 0. The molecular formula is C21H17NO. The molecule has 0 fully saturated rings. The molecule has 0 radical (unpaired) electrons. The van der Waals surface area contributed by atoms with Crippen molar-refractivity contribution in [1.82, 2.24) is 4.57 Å². The maximum atomic E-state index is 6.27. The van der Waals surface area contributed by atoms with Crippen LogP contribution in [0, 0.1) is 0 Å². The molecule has 0 saturated carbocycles. The third-order valence-corrected chi connectivity index (χ3v) is 4.73. The molecule has 0 aliphatic carbocycles. The number of furan rings is 1. The number of hydrogen-bond acceptors (Lipinski definition) is 1. The number of benzene rings is 3. The molecule has 0 bridgehead atoms. The van der Waals surface area contributed by atoms with Gasteiger partial charge in [0.2, 0.25) is 0 Å². The topological polar surface area (TPSA) is 18.1 Å². The molecule has 2 nitrogen and oxygen atoms in total. The van der Waals surface area contributed by atoms with E-state index in [9.17, 15) is 0 Å². The Kier molecular flexibility index (Phi) is 2.44. The summed E-state index contributed by atoms with van der Waals surface area (Å²) in [6.45, 7) is 4.46. The van der Waals surface area contributed by atoms with Gasteiger partial charge in [0.1, 0.15) is 5.58 Å². The molecule has 0 spiro atoms. The first-order valence-electron chi connectivity index (χ1n) is 8.08. The molecule has 0 atom stereocenters. The number of nitrogens with zero attached hydrogens (tertiary/aromatic N) is 1. The maximum Gasteiger partial charge on any atom is 0.159 e. The minimum absolute atomic E-state index is 0.371. The zero-order valence-electron chi connectivity index (χ0n) is 13.2. The summed E-state index contributed by atoms with van der Waals surface area (Å²) in [5.41, 5.74) is 4.42. The van der Waals surface area contributed by atoms with E-state index in [0.29, 0.717) is 6.04 Å². The van der Waals surface area contributed by atoms with E-state index in [1.807, 2.05) is 12.1 Å². The fourth-order valence-corrected chi connectivity index (χ4v) is 3.80. The largest absolute Gasteiger partial charge is 0.454 e. The normalized spacial score (nSPS) is 12.3. The van der Waals surface area contributed by atoms with Gasteiger partial charge in [-0.1, -0.05) is 42.5 Å². The van der Waals surface area contributed by atoms with E-state index in [4.69, 9.17) is 4.42 Å². The molecule has 2 heteroatoms. The van der Waals surface area contributed by atoms with Crippen molar-refractivity contribution in [2.24, 2.45) is 0 Å². The third kappa shape index (κ3) is 1.58. The van der Waals surface area contributed by atoms with Crippen LogP contribution in [0.1, 0.15) is 19.9 Å². The molecule has 0 amide bonds. The Hall–Kier alpha value is -2.74. The van der Waals surface area contributed by atoms with Crippen molar-refractivity contribution >= 4 is 43.7 Å². The lowest BCUT2D eigenvalue weighted by molar-refractivity contribution is 0.630. The Balaban J connectivity index is 2.12. The van der Waals surface area contributed by atoms with E-state index >= 15 is 0 Å². The molecule has 0 unspecified atom stereocenters. The second-order valence-corrected chi connectivity index (χ2v) is 6.42. The highest BCUT2D eigenvalue weighted by Gasteiger charge is 2.18. The van der Waals surface area contributed by atoms with E-state index in [0.717, 1.165) is 11.2 Å². The molecule has 0 aliphatic rings. The van der Waals surface area contributed by atoms with Crippen LogP contribution in [0.15, 0.2) is 65.1 Å². The average molecular weight is 299 g/mol. The number of rotatable bonds is 1. The van der Waals surface area contributed by atoms with Crippen LogP contribution in [0.25, 0.3) is 43.7 Å². The fraction of sp³-hybridized carbons (Fsp3) is 0.143. The zero-order valence-corrected chi connectivity index (χ0v) is 13.2. The summed E-state index contributed by atoms with van der Waals surface area (Å²) in [7, 11) is 0. The summed E-state index contributed by atoms with van der Waals surface area (Å²) in [5, 5.41) is 4.93. The smallest absolute Gasteiger partial charge is 0.159 e. The molecule has 112 valence electrons. The molecular weight excluding hydrogens is 282 g/mol. The predicted octanol–water partition coefficient (Wildman–Crippen LogP) is 6.27. The molecule has 2 heterocycles. The minimum atomic E-state index is 0.371. The van der Waals surface area contributed by atoms with Crippen molar-refractivity contribution in [2.75, 3.05) is 0 Å². The monoisotopic (exact) mass is 299 g/mol. The lowest BCUT2D eigenvalue weighted by Crippen LogP contribution is -1.99. The summed E-state index contributed by atoms with van der Waals surface area (Å²) in [6, 6.07) is 21.7. The van der Waals surface area contributed by atoms with Crippen molar-refractivity contribution in [3.63, 3.8) is 0 Å². The Labute approximate surface area is 133 Å². The van der Waals surface area contributed by atoms with Crippen LogP contribution in [0.2, 0.25) is 0 Å². The van der Waals surface area contributed by atoms with Gasteiger partial charge in [0.15, 0.2) is 5.58 Å². The quantitative estimate of drug-likeness (QED) is 0.356. The number of aromatic nitrogens is 1. The first kappa shape index (κ1) is 12.8. The van der Waals surface area contributed by atoms with Crippen molar-refractivity contribution in [3.05, 3.63) is 60.7 Å². The van der Waals surface area contributed by atoms with Crippen molar-refractivity contribution in [3.8, 4) is 0 Å². The molecule has 0 N–H and O–H groups in total. The van der Waals surface area contributed by atoms with Crippen molar-refractivity contribution in [2.45, 2.75) is 19.9 Å². The summed E-state index contributed by atoms with van der Waals surface area (Å²) >= 11 is 0. The predicted molar refractivity (Wildman–Crippen MR) is 97.1 cm³/mol. The maximum absolute atomic E-state index is 6.27. The molecule has 0 aliphatic heterocycles. The highest BCUT2D eigenvalue weighted by molar-refractivity contribution is 6.20. The van der Waals surface area contributed by atoms with Crippen LogP contribution in [-0.4, -0.2) is 4.57 Å². The molecule has 23 heavy (non-hydrogen) atoms. The molecule has 5 rings (SSSR count). The van der Waals surface area contributed by atoms with E-state index in [2.05, 4.69) is 66.9 Å². The first-order valence-corrected chi connectivity index (χ1v) is 8.08. The van der Waals surface area contributed by atoms with Gasteiger partial charge in [-0.25, -0.2) is 0 Å². The van der Waals surface area contributed by atoms with E-state index < -0.39 is 0 Å². The number of hydrogen-bond donors (Lipinski definition) is 0. The van der Waals surface area contributed by atoms with E-state index in [-0.39, 0.29) is 0 Å². The van der Waals surface area contributed by atoms with Crippen LogP contribution in [0.4, 0.5) is 0 Å². The highest BCUT2D eigenvalue weighted by atomic mass is 16.3. The third-order valence-electron chi connectivity index (χ3n) is 4.73. The SMILES string of the molecule is CC(C)n1c2ccccc2c2ccc3c4ccccc4oc3c21. The Morgan fingerprint density at radius 2 is 1.43 bits per heavy atom. The Morgan fingerprint density at radius 3 is 2.26 bits per heavy atom. The fourth-order valence-electron chi connectivity index (χ4n) is 3.80. The minimum Gasteiger partial charge on any atom is -0.454 e. The van der Waals surface area contributed by atoms with Crippen LogP contribution in [0.5, 0.6) is 0 Å². The number of fused-ring (bicyclic) bond motifs is 7. The standard InChI is InChI=1S/C21H17NO/c1-13(2)22-18-9-5-3-7-14(18)16-11-12-17-15-8-4-6-10-19(15)23-21(17)20(16)22/h3-13H,1-2H3. The zero-order chi connectivity index (χ0) is 15.6. The highest BCUT2D eigenvalue weighted by Crippen LogP contribution is 2.39. The first-order chi connectivity index (χ1) is 11.3. The van der Waals surface area contributed by atoms with Gasteiger partial charge in [-0.15, -0.1) is 0 Å². The van der Waals surface area contributed by atoms with Crippen molar-refractivity contribution < 1.29 is 4.42 Å². The second kappa shape index (κ2) is 4.39. The van der Waals surface area contributed by atoms with Gasteiger partial charge in [-0.2, -0.15) is 0 Å². The molecule has 0 saturated heterocycles. The average Bonchev–Trinajstić information content (AvgIpc) is 3.10. The van der Waals surface area contributed by atoms with Gasteiger partial charge in [0, 0.05) is 33.1 Å². The summed E-state index contributed by atoms with van der Waals surface area (Å²) < 4.78 is 8.66. The lowest BCUT2D eigenvalue weighted by atomic mass is 10.1. The van der Waals surface area contributed by atoms with E-state index in [1.54, 1.807) is 0 Å². The van der Waals surface area contributed by atoms with Gasteiger partial charge in [-0.05, 0) is 32.0 Å².